The van der Waals surface area contributed by atoms with E-state index in [-0.39, 0.29) is 24.0 Å². The number of piperidine rings is 1. The van der Waals surface area contributed by atoms with Gasteiger partial charge < -0.3 is 20.0 Å². The van der Waals surface area contributed by atoms with Crippen LogP contribution in [0.2, 0.25) is 0 Å². The predicted octanol–water partition coefficient (Wildman–Crippen LogP) is 1.13. The van der Waals surface area contributed by atoms with Crippen LogP contribution in [0.5, 0.6) is 0 Å². The second-order valence-electron chi connectivity index (χ2n) is 5.31. The SMILES string of the molecule is CC(Cc1ccco1)NC(=O)NC1CCC(=O)N(C)C1. The molecule has 6 nitrogen and oxygen atoms in total. The summed E-state index contributed by atoms with van der Waals surface area (Å²) >= 11 is 0. The molecule has 1 aliphatic heterocycles. The van der Waals surface area contributed by atoms with E-state index in [1.54, 1.807) is 18.2 Å². The fourth-order valence-electron chi connectivity index (χ4n) is 2.36. The number of hydrogen-bond donors (Lipinski definition) is 2. The minimum atomic E-state index is -0.197. The Morgan fingerprint density at radius 1 is 1.60 bits per heavy atom. The molecule has 0 spiro atoms. The van der Waals surface area contributed by atoms with E-state index >= 15 is 0 Å². The van der Waals surface area contributed by atoms with E-state index in [1.165, 1.54) is 0 Å². The van der Waals surface area contributed by atoms with Crippen LogP contribution in [0.1, 0.15) is 25.5 Å². The summed E-state index contributed by atoms with van der Waals surface area (Å²) in [6, 6.07) is 3.53. The number of likely N-dealkylation sites (N-methyl/N-ethyl adjacent to an activating group) is 1. The Morgan fingerprint density at radius 3 is 3.05 bits per heavy atom. The zero-order valence-electron chi connectivity index (χ0n) is 11.9. The Kier molecular flexibility index (Phi) is 4.65. The number of hydrogen-bond acceptors (Lipinski definition) is 3. The fraction of sp³-hybridized carbons (Fsp3) is 0.571. The summed E-state index contributed by atoms with van der Waals surface area (Å²) in [5.74, 6) is 0.982. The molecule has 0 bridgehead atoms. The monoisotopic (exact) mass is 279 g/mol. The van der Waals surface area contributed by atoms with E-state index in [0.717, 1.165) is 5.76 Å². The van der Waals surface area contributed by atoms with E-state index in [0.29, 0.717) is 25.8 Å². The highest BCUT2D eigenvalue weighted by atomic mass is 16.3. The summed E-state index contributed by atoms with van der Waals surface area (Å²) in [6.45, 7) is 2.50. The molecule has 3 amide bonds. The molecular formula is C14H21N3O3. The van der Waals surface area contributed by atoms with Crippen LogP contribution in [0.3, 0.4) is 0 Å². The Bertz CT molecular complexity index is 458. The first kappa shape index (κ1) is 14.4. The average Bonchev–Trinajstić information content (AvgIpc) is 2.86. The van der Waals surface area contributed by atoms with Gasteiger partial charge in [0.1, 0.15) is 5.76 Å². The first-order valence-corrected chi connectivity index (χ1v) is 6.88. The number of carbonyl (C=O) groups excluding carboxylic acids is 2. The van der Waals surface area contributed by atoms with E-state index in [9.17, 15) is 9.59 Å². The van der Waals surface area contributed by atoms with Crippen LogP contribution < -0.4 is 10.6 Å². The molecule has 110 valence electrons. The molecule has 1 aromatic heterocycles. The van der Waals surface area contributed by atoms with Crippen molar-refractivity contribution >= 4 is 11.9 Å². The third-order valence-electron chi connectivity index (χ3n) is 3.43. The standard InChI is InChI=1S/C14H21N3O3/c1-10(8-12-4-3-7-20-12)15-14(19)16-11-5-6-13(18)17(2)9-11/h3-4,7,10-11H,5-6,8-9H2,1-2H3,(H2,15,16,19). The summed E-state index contributed by atoms with van der Waals surface area (Å²) in [5.41, 5.74) is 0. The molecule has 2 heterocycles. The van der Waals surface area contributed by atoms with Gasteiger partial charge in [0.05, 0.1) is 6.26 Å². The van der Waals surface area contributed by atoms with Crippen molar-refractivity contribution in [3.05, 3.63) is 24.2 Å². The van der Waals surface area contributed by atoms with Crippen LogP contribution in [0, 0.1) is 0 Å². The predicted molar refractivity (Wildman–Crippen MR) is 74.2 cm³/mol. The number of furan rings is 1. The number of nitrogens with one attached hydrogen (secondary N) is 2. The van der Waals surface area contributed by atoms with Gasteiger partial charge in [-0.25, -0.2) is 4.79 Å². The van der Waals surface area contributed by atoms with Crippen molar-refractivity contribution in [2.24, 2.45) is 0 Å². The summed E-state index contributed by atoms with van der Waals surface area (Å²) in [4.78, 5) is 24.9. The molecule has 20 heavy (non-hydrogen) atoms. The van der Waals surface area contributed by atoms with Gasteiger partial charge in [0.2, 0.25) is 5.91 Å². The summed E-state index contributed by atoms with van der Waals surface area (Å²) in [5, 5.41) is 5.78. The minimum absolute atomic E-state index is 0.0101. The molecule has 1 saturated heterocycles. The quantitative estimate of drug-likeness (QED) is 0.867. The lowest BCUT2D eigenvalue weighted by Gasteiger charge is -2.30. The van der Waals surface area contributed by atoms with Crippen LogP contribution in [0.15, 0.2) is 22.8 Å². The van der Waals surface area contributed by atoms with E-state index in [1.807, 2.05) is 19.1 Å². The summed E-state index contributed by atoms with van der Waals surface area (Å²) in [6.07, 6.45) is 3.47. The van der Waals surface area contributed by atoms with Gasteiger partial charge >= 0.3 is 6.03 Å². The van der Waals surface area contributed by atoms with Crippen LogP contribution in [-0.4, -0.2) is 42.5 Å². The van der Waals surface area contributed by atoms with Gasteiger partial charge in [-0.1, -0.05) is 0 Å². The Labute approximate surface area is 118 Å². The summed E-state index contributed by atoms with van der Waals surface area (Å²) < 4.78 is 5.25. The van der Waals surface area contributed by atoms with Crippen molar-refractivity contribution < 1.29 is 14.0 Å². The van der Waals surface area contributed by atoms with Crippen LogP contribution in [0.25, 0.3) is 0 Å². The van der Waals surface area contributed by atoms with Crippen molar-refractivity contribution in [3.8, 4) is 0 Å². The zero-order valence-corrected chi connectivity index (χ0v) is 11.9. The van der Waals surface area contributed by atoms with Gasteiger partial charge in [-0.05, 0) is 25.5 Å². The fourth-order valence-corrected chi connectivity index (χ4v) is 2.36. The van der Waals surface area contributed by atoms with E-state index in [4.69, 9.17) is 4.42 Å². The average molecular weight is 279 g/mol. The molecule has 0 aromatic carbocycles. The maximum absolute atomic E-state index is 11.9. The van der Waals surface area contributed by atoms with Gasteiger partial charge in [-0.15, -0.1) is 0 Å². The van der Waals surface area contributed by atoms with Gasteiger partial charge in [0, 0.05) is 38.5 Å². The van der Waals surface area contributed by atoms with Crippen LogP contribution in [0.4, 0.5) is 4.79 Å². The highest BCUT2D eigenvalue weighted by molar-refractivity contribution is 5.78. The number of nitrogens with zero attached hydrogens (tertiary/aromatic N) is 1. The maximum Gasteiger partial charge on any atom is 0.315 e. The van der Waals surface area contributed by atoms with Crippen molar-refractivity contribution in [2.45, 2.75) is 38.3 Å². The Hall–Kier alpha value is -1.98. The number of amides is 3. The second-order valence-corrected chi connectivity index (χ2v) is 5.31. The van der Waals surface area contributed by atoms with Crippen molar-refractivity contribution in [2.75, 3.05) is 13.6 Å². The molecule has 0 saturated carbocycles. The lowest BCUT2D eigenvalue weighted by atomic mass is 10.1. The van der Waals surface area contributed by atoms with Gasteiger partial charge in [-0.3, -0.25) is 4.79 Å². The molecule has 0 aliphatic carbocycles. The topological polar surface area (TPSA) is 74.6 Å². The molecule has 2 unspecified atom stereocenters. The first-order chi connectivity index (χ1) is 9.54. The van der Waals surface area contributed by atoms with E-state index in [2.05, 4.69) is 10.6 Å². The van der Waals surface area contributed by atoms with E-state index < -0.39 is 0 Å². The minimum Gasteiger partial charge on any atom is -0.469 e. The van der Waals surface area contributed by atoms with Gasteiger partial charge in [0.25, 0.3) is 0 Å². The molecule has 1 aliphatic rings. The van der Waals surface area contributed by atoms with Crippen molar-refractivity contribution in [1.82, 2.24) is 15.5 Å². The molecule has 1 fully saturated rings. The third kappa shape index (κ3) is 4.01. The Balaban J connectivity index is 1.73. The first-order valence-electron chi connectivity index (χ1n) is 6.88. The largest absolute Gasteiger partial charge is 0.469 e. The number of rotatable bonds is 4. The lowest BCUT2D eigenvalue weighted by molar-refractivity contribution is -0.132. The lowest BCUT2D eigenvalue weighted by Crippen LogP contribution is -2.52. The number of urea groups is 1. The molecule has 2 N–H and O–H groups in total. The normalized spacial score (nSPS) is 20.6. The number of carbonyl (C=O) groups is 2. The molecule has 1 aromatic rings. The van der Waals surface area contributed by atoms with Gasteiger partial charge in [-0.2, -0.15) is 0 Å². The number of likely N-dealkylation sites (tertiary alicyclic amines) is 1. The van der Waals surface area contributed by atoms with Crippen LogP contribution >= 0.6 is 0 Å². The zero-order chi connectivity index (χ0) is 14.5. The highest BCUT2D eigenvalue weighted by Crippen LogP contribution is 2.09. The van der Waals surface area contributed by atoms with Gasteiger partial charge in [0.15, 0.2) is 0 Å². The molecule has 0 radical (unpaired) electrons. The molecule has 6 heteroatoms. The van der Waals surface area contributed by atoms with Crippen molar-refractivity contribution in [1.29, 1.82) is 0 Å². The smallest absolute Gasteiger partial charge is 0.315 e. The second kappa shape index (κ2) is 6.45. The van der Waals surface area contributed by atoms with Crippen LogP contribution in [-0.2, 0) is 11.2 Å². The highest BCUT2D eigenvalue weighted by Gasteiger charge is 2.24. The molecular weight excluding hydrogens is 258 g/mol. The van der Waals surface area contributed by atoms with Crippen molar-refractivity contribution in [3.63, 3.8) is 0 Å². The third-order valence-corrected chi connectivity index (χ3v) is 3.43. The molecule has 2 rings (SSSR count). The maximum atomic E-state index is 11.9. The summed E-state index contributed by atoms with van der Waals surface area (Å²) in [7, 11) is 1.76. The molecule has 2 atom stereocenters. The Morgan fingerprint density at radius 2 is 2.40 bits per heavy atom.